The summed E-state index contributed by atoms with van der Waals surface area (Å²) < 4.78 is 5.33. The lowest BCUT2D eigenvalue weighted by atomic mass is 9.95. The molecule has 0 atom stereocenters. The average Bonchev–Trinajstić information content (AvgIpc) is 2.35. The highest BCUT2D eigenvalue weighted by Crippen LogP contribution is 2.21. The van der Waals surface area contributed by atoms with Crippen LogP contribution in [0.15, 0.2) is 0 Å². The van der Waals surface area contributed by atoms with Gasteiger partial charge in [-0.05, 0) is 40.5 Å². The summed E-state index contributed by atoms with van der Waals surface area (Å²) in [6.07, 6.45) is 1.17. The van der Waals surface area contributed by atoms with E-state index in [1.807, 2.05) is 34.7 Å². The first-order chi connectivity index (χ1) is 8.74. The predicted molar refractivity (Wildman–Crippen MR) is 73.8 cm³/mol. The van der Waals surface area contributed by atoms with Crippen molar-refractivity contribution in [3.8, 4) is 0 Å². The number of hydrogen-bond donors (Lipinski definition) is 0. The van der Waals surface area contributed by atoms with E-state index in [4.69, 9.17) is 4.74 Å². The lowest BCUT2D eigenvalue weighted by Gasteiger charge is -2.34. The van der Waals surface area contributed by atoms with Crippen LogP contribution in [-0.4, -0.2) is 54.1 Å². The Balaban J connectivity index is 2.45. The summed E-state index contributed by atoms with van der Waals surface area (Å²) in [5.41, 5.74) is -0.466. The molecule has 0 bridgehead atoms. The van der Waals surface area contributed by atoms with Crippen LogP contribution in [0.25, 0.3) is 0 Å². The minimum atomic E-state index is -0.466. The molecule has 0 radical (unpaired) electrons. The summed E-state index contributed by atoms with van der Waals surface area (Å²) in [5, 5.41) is 0. The molecule has 1 saturated heterocycles. The van der Waals surface area contributed by atoms with E-state index in [1.54, 1.807) is 9.80 Å². The molecule has 5 nitrogen and oxygen atoms in total. The van der Waals surface area contributed by atoms with E-state index in [0.29, 0.717) is 13.1 Å². The van der Waals surface area contributed by atoms with Crippen LogP contribution in [0.2, 0.25) is 0 Å². The van der Waals surface area contributed by atoms with Gasteiger partial charge in [-0.2, -0.15) is 0 Å². The minimum Gasteiger partial charge on any atom is -0.444 e. The molecule has 0 aromatic carbocycles. The van der Waals surface area contributed by atoms with Crippen LogP contribution in [0.5, 0.6) is 0 Å². The van der Waals surface area contributed by atoms with Crippen molar-refractivity contribution in [3.63, 3.8) is 0 Å². The molecule has 19 heavy (non-hydrogen) atoms. The monoisotopic (exact) mass is 270 g/mol. The SMILES string of the molecule is CCN(C)C(=O)C1CCN(C(=O)OC(C)(C)C)CC1. The van der Waals surface area contributed by atoms with E-state index >= 15 is 0 Å². The number of hydrogen-bond acceptors (Lipinski definition) is 3. The predicted octanol–water partition coefficient (Wildman–Crippen LogP) is 2.11. The maximum absolute atomic E-state index is 12.0. The van der Waals surface area contributed by atoms with Crippen molar-refractivity contribution in [3.05, 3.63) is 0 Å². The quantitative estimate of drug-likeness (QED) is 0.772. The Kier molecular flexibility index (Phi) is 5.20. The van der Waals surface area contributed by atoms with Gasteiger partial charge in [0.05, 0.1) is 0 Å². The summed E-state index contributed by atoms with van der Waals surface area (Å²) >= 11 is 0. The number of carbonyl (C=O) groups excluding carboxylic acids is 2. The normalized spacial score (nSPS) is 17.2. The third-order valence-electron chi connectivity index (χ3n) is 3.35. The molecule has 5 heteroatoms. The zero-order valence-electron chi connectivity index (χ0n) is 12.7. The molecule has 0 N–H and O–H groups in total. The zero-order valence-corrected chi connectivity index (χ0v) is 12.7. The zero-order chi connectivity index (χ0) is 14.6. The Bertz CT molecular complexity index is 328. The van der Waals surface area contributed by atoms with Crippen LogP contribution < -0.4 is 0 Å². The van der Waals surface area contributed by atoms with Gasteiger partial charge in [-0.25, -0.2) is 4.79 Å². The average molecular weight is 270 g/mol. The van der Waals surface area contributed by atoms with Crippen molar-refractivity contribution in [2.24, 2.45) is 5.92 Å². The van der Waals surface area contributed by atoms with Gasteiger partial charge in [-0.15, -0.1) is 0 Å². The number of likely N-dealkylation sites (tertiary alicyclic amines) is 1. The highest BCUT2D eigenvalue weighted by atomic mass is 16.6. The summed E-state index contributed by atoms with van der Waals surface area (Å²) in [6.45, 7) is 9.47. The van der Waals surface area contributed by atoms with E-state index in [2.05, 4.69) is 0 Å². The maximum atomic E-state index is 12.0. The smallest absolute Gasteiger partial charge is 0.410 e. The van der Waals surface area contributed by atoms with E-state index in [1.165, 1.54) is 0 Å². The van der Waals surface area contributed by atoms with Crippen molar-refractivity contribution in [1.29, 1.82) is 0 Å². The fourth-order valence-corrected chi connectivity index (χ4v) is 2.10. The third-order valence-corrected chi connectivity index (χ3v) is 3.35. The number of nitrogens with zero attached hydrogens (tertiary/aromatic N) is 2. The van der Waals surface area contributed by atoms with Crippen LogP contribution in [0.3, 0.4) is 0 Å². The molecule has 0 aliphatic carbocycles. The first kappa shape index (κ1) is 15.8. The lowest BCUT2D eigenvalue weighted by molar-refractivity contribution is -0.135. The van der Waals surface area contributed by atoms with Crippen molar-refractivity contribution < 1.29 is 14.3 Å². The molecule has 0 aromatic heterocycles. The van der Waals surface area contributed by atoms with Crippen molar-refractivity contribution in [1.82, 2.24) is 9.80 Å². The minimum absolute atomic E-state index is 0.0450. The molecule has 110 valence electrons. The van der Waals surface area contributed by atoms with Gasteiger partial charge in [0.15, 0.2) is 0 Å². The van der Waals surface area contributed by atoms with Crippen LogP contribution in [-0.2, 0) is 9.53 Å². The Labute approximate surface area is 115 Å². The Morgan fingerprint density at radius 2 is 1.79 bits per heavy atom. The summed E-state index contributed by atoms with van der Waals surface area (Å²) in [7, 11) is 1.82. The topological polar surface area (TPSA) is 49.9 Å². The number of piperidine rings is 1. The van der Waals surface area contributed by atoms with Crippen LogP contribution in [0.4, 0.5) is 4.79 Å². The number of ether oxygens (including phenoxy) is 1. The second kappa shape index (κ2) is 6.26. The first-order valence-electron chi connectivity index (χ1n) is 6.97. The molecular weight excluding hydrogens is 244 g/mol. The van der Waals surface area contributed by atoms with Crippen molar-refractivity contribution in [2.75, 3.05) is 26.7 Å². The summed E-state index contributed by atoms with van der Waals surface area (Å²) in [5.74, 6) is 0.231. The molecule has 0 spiro atoms. The van der Waals surface area contributed by atoms with Gasteiger partial charge in [-0.3, -0.25) is 4.79 Å². The van der Waals surface area contributed by atoms with Crippen LogP contribution >= 0.6 is 0 Å². The van der Waals surface area contributed by atoms with Gasteiger partial charge < -0.3 is 14.5 Å². The second-order valence-electron chi connectivity index (χ2n) is 6.09. The Morgan fingerprint density at radius 1 is 1.26 bits per heavy atom. The molecule has 1 rings (SSSR count). The Hall–Kier alpha value is -1.26. The summed E-state index contributed by atoms with van der Waals surface area (Å²) in [4.78, 5) is 27.4. The number of rotatable bonds is 2. The third kappa shape index (κ3) is 4.73. The van der Waals surface area contributed by atoms with E-state index in [-0.39, 0.29) is 17.9 Å². The molecule has 0 unspecified atom stereocenters. The molecule has 0 aromatic rings. The van der Waals surface area contributed by atoms with Crippen molar-refractivity contribution in [2.45, 2.75) is 46.1 Å². The van der Waals surface area contributed by atoms with Gasteiger partial charge in [0, 0.05) is 32.6 Å². The number of amides is 2. The molecule has 1 fully saturated rings. The van der Waals surface area contributed by atoms with Gasteiger partial charge in [-0.1, -0.05) is 0 Å². The van der Waals surface area contributed by atoms with E-state index in [0.717, 1.165) is 19.4 Å². The molecule has 0 saturated carbocycles. The fraction of sp³-hybridized carbons (Fsp3) is 0.857. The van der Waals surface area contributed by atoms with Crippen molar-refractivity contribution >= 4 is 12.0 Å². The molecule has 2 amide bonds. The second-order valence-corrected chi connectivity index (χ2v) is 6.09. The molecule has 1 aliphatic heterocycles. The van der Waals surface area contributed by atoms with Gasteiger partial charge in [0.2, 0.25) is 5.91 Å². The highest BCUT2D eigenvalue weighted by molar-refractivity contribution is 5.79. The largest absolute Gasteiger partial charge is 0.444 e. The molecule has 1 heterocycles. The van der Waals surface area contributed by atoms with Gasteiger partial charge in [0.25, 0.3) is 0 Å². The van der Waals surface area contributed by atoms with E-state index < -0.39 is 5.60 Å². The maximum Gasteiger partial charge on any atom is 0.410 e. The first-order valence-corrected chi connectivity index (χ1v) is 6.97. The van der Waals surface area contributed by atoms with Gasteiger partial charge in [0.1, 0.15) is 5.60 Å². The standard InChI is InChI=1S/C14H26N2O3/c1-6-15(5)12(17)11-7-9-16(10-8-11)13(18)19-14(2,3)4/h11H,6-10H2,1-5H3. The number of carbonyl (C=O) groups is 2. The fourth-order valence-electron chi connectivity index (χ4n) is 2.10. The van der Waals surface area contributed by atoms with Gasteiger partial charge >= 0.3 is 6.09 Å². The van der Waals surface area contributed by atoms with E-state index in [9.17, 15) is 9.59 Å². The molecular formula is C14H26N2O3. The van der Waals surface area contributed by atoms with Crippen LogP contribution in [0, 0.1) is 5.92 Å². The highest BCUT2D eigenvalue weighted by Gasteiger charge is 2.30. The Morgan fingerprint density at radius 3 is 2.21 bits per heavy atom. The van der Waals surface area contributed by atoms with Crippen LogP contribution in [0.1, 0.15) is 40.5 Å². The summed E-state index contributed by atoms with van der Waals surface area (Å²) in [6, 6.07) is 0. The molecule has 1 aliphatic rings. The lowest BCUT2D eigenvalue weighted by Crippen LogP contribution is -2.45.